The average molecular weight is 376 g/mol. The van der Waals surface area contributed by atoms with E-state index >= 15 is 0 Å². The highest BCUT2D eigenvalue weighted by atomic mass is 35.5. The number of nitrogens with zero attached hydrogens (tertiary/aromatic N) is 2. The molecule has 3 aromatic rings. The molecule has 25 heavy (non-hydrogen) atoms. The molecule has 130 valence electrons. The summed E-state index contributed by atoms with van der Waals surface area (Å²) < 4.78 is 5.35. The van der Waals surface area contributed by atoms with Crippen LogP contribution in [0.3, 0.4) is 0 Å². The molecule has 1 atom stereocenters. The van der Waals surface area contributed by atoms with Gasteiger partial charge in [0.05, 0.1) is 16.1 Å². The van der Waals surface area contributed by atoms with Gasteiger partial charge in [0.2, 0.25) is 5.89 Å². The van der Waals surface area contributed by atoms with Crippen LogP contribution < -0.4 is 5.32 Å². The van der Waals surface area contributed by atoms with E-state index in [-0.39, 0.29) is 6.04 Å². The Morgan fingerprint density at radius 3 is 2.60 bits per heavy atom. The first-order chi connectivity index (χ1) is 12.2. The van der Waals surface area contributed by atoms with Crippen molar-refractivity contribution in [3.8, 4) is 0 Å². The standard InChI is InChI=1S/C19H19Cl2N3O/c1-2-6-17-23-19(24-25-17)18(14-7-4-3-5-8-14)22-12-13-9-10-15(20)16(21)11-13/h3-5,7-11,18,22H,2,6,12H2,1H3. The van der Waals surface area contributed by atoms with Crippen LogP contribution in [0.4, 0.5) is 0 Å². The predicted octanol–water partition coefficient (Wildman–Crippen LogP) is 5.21. The second kappa shape index (κ2) is 8.48. The van der Waals surface area contributed by atoms with Gasteiger partial charge in [-0.2, -0.15) is 4.98 Å². The van der Waals surface area contributed by atoms with Crippen LogP contribution in [0.1, 0.15) is 42.2 Å². The normalized spacial score (nSPS) is 12.3. The van der Waals surface area contributed by atoms with Crippen LogP contribution in [0, 0.1) is 0 Å². The van der Waals surface area contributed by atoms with Crippen LogP contribution >= 0.6 is 23.2 Å². The van der Waals surface area contributed by atoms with Gasteiger partial charge in [0.15, 0.2) is 5.82 Å². The van der Waals surface area contributed by atoms with E-state index in [1.807, 2.05) is 42.5 Å². The second-order valence-corrected chi connectivity index (χ2v) is 6.58. The number of aromatic nitrogens is 2. The number of benzene rings is 2. The summed E-state index contributed by atoms with van der Waals surface area (Å²) in [4.78, 5) is 4.53. The lowest BCUT2D eigenvalue weighted by Crippen LogP contribution is -2.23. The monoisotopic (exact) mass is 375 g/mol. The number of nitrogens with one attached hydrogen (secondary N) is 1. The number of halogens is 2. The molecular formula is C19H19Cl2N3O. The first-order valence-electron chi connectivity index (χ1n) is 8.22. The van der Waals surface area contributed by atoms with Crippen LogP contribution in [-0.4, -0.2) is 10.1 Å². The van der Waals surface area contributed by atoms with Crippen molar-refractivity contribution in [2.45, 2.75) is 32.4 Å². The molecule has 1 N–H and O–H groups in total. The Hall–Kier alpha value is -1.88. The minimum atomic E-state index is -0.162. The number of hydrogen-bond donors (Lipinski definition) is 1. The molecule has 0 fully saturated rings. The van der Waals surface area contributed by atoms with Crippen molar-refractivity contribution in [3.05, 3.63) is 81.4 Å². The molecule has 0 aliphatic rings. The minimum absolute atomic E-state index is 0.162. The van der Waals surface area contributed by atoms with Gasteiger partial charge in [-0.25, -0.2) is 0 Å². The van der Waals surface area contributed by atoms with Crippen molar-refractivity contribution >= 4 is 23.2 Å². The molecule has 0 radical (unpaired) electrons. The van der Waals surface area contributed by atoms with E-state index in [0.29, 0.717) is 28.3 Å². The van der Waals surface area contributed by atoms with Gasteiger partial charge in [0, 0.05) is 13.0 Å². The maximum atomic E-state index is 6.10. The summed E-state index contributed by atoms with van der Waals surface area (Å²) in [6, 6.07) is 15.5. The zero-order valence-electron chi connectivity index (χ0n) is 13.9. The lowest BCUT2D eigenvalue weighted by atomic mass is 10.1. The molecule has 1 aromatic heterocycles. The van der Waals surface area contributed by atoms with E-state index in [9.17, 15) is 0 Å². The van der Waals surface area contributed by atoms with E-state index in [4.69, 9.17) is 27.7 Å². The molecule has 0 spiro atoms. The third-order valence-electron chi connectivity index (χ3n) is 3.83. The van der Waals surface area contributed by atoms with Gasteiger partial charge in [0.1, 0.15) is 0 Å². The van der Waals surface area contributed by atoms with Crippen molar-refractivity contribution < 1.29 is 4.52 Å². The van der Waals surface area contributed by atoms with Crippen molar-refractivity contribution in [2.24, 2.45) is 0 Å². The van der Waals surface area contributed by atoms with Gasteiger partial charge in [-0.1, -0.05) is 71.7 Å². The maximum absolute atomic E-state index is 6.10. The highest BCUT2D eigenvalue weighted by molar-refractivity contribution is 6.42. The fourth-order valence-electron chi connectivity index (χ4n) is 2.57. The molecule has 0 bridgehead atoms. The highest BCUT2D eigenvalue weighted by Gasteiger charge is 2.20. The lowest BCUT2D eigenvalue weighted by Gasteiger charge is -2.16. The Kier molecular flexibility index (Phi) is 6.08. The summed E-state index contributed by atoms with van der Waals surface area (Å²) in [6.07, 6.45) is 1.75. The Labute approximate surface area is 157 Å². The minimum Gasteiger partial charge on any atom is -0.339 e. The zero-order chi connectivity index (χ0) is 17.6. The first-order valence-corrected chi connectivity index (χ1v) is 8.97. The third-order valence-corrected chi connectivity index (χ3v) is 4.57. The molecule has 0 aliphatic heterocycles. The maximum Gasteiger partial charge on any atom is 0.226 e. The highest BCUT2D eigenvalue weighted by Crippen LogP contribution is 2.24. The van der Waals surface area contributed by atoms with E-state index in [1.165, 1.54) is 0 Å². The number of hydrogen-bond acceptors (Lipinski definition) is 4. The van der Waals surface area contributed by atoms with Crippen molar-refractivity contribution in [1.29, 1.82) is 0 Å². The largest absolute Gasteiger partial charge is 0.339 e. The summed E-state index contributed by atoms with van der Waals surface area (Å²) in [5.41, 5.74) is 2.11. The van der Waals surface area contributed by atoms with Gasteiger partial charge < -0.3 is 4.52 Å². The number of rotatable bonds is 7. The molecule has 2 aromatic carbocycles. The Morgan fingerprint density at radius 2 is 1.88 bits per heavy atom. The molecule has 0 amide bonds. The van der Waals surface area contributed by atoms with Crippen molar-refractivity contribution in [1.82, 2.24) is 15.5 Å². The summed E-state index contributed by atoms with van der Waals surface area (Å²) in [5, 5.41) is 8.74. The van der Waals surface area contributed by atoms with Gasteiger partial charge in [-0.15, -0.1) is 0 Å². The van der Waals surface area contributed by atoms with Gasteiger partial charge in [-0.05, 0) is 29.7 Å². The summed E-state index contributed by atoms with van der Waals surface area (Å²) in [7, 11) is 0. The quantitative estimate of drug-likeness (QED) is 0.615. The van der Waals surface area contributed by atoms with Crippen LogP contribution in [0.5, 0.6) is 0 Å². The molecule has 1 heterocycles. The van der Waals surface area contributed by atoms with Crippen LogP contribution in [0.2, 0.25) is 10.0 Å². The molecule has 0 saturated heterocycles. The van der Waals surface area contributed by atoms with Crippen molar-refractivity contribution in [2.75, 3.05) is 0 Å². The van der Waals surface area contributed by atoms with Gasteiger partial charge >= 0.3 is 0 Å². The first kappa shape index (κ1) is 17.9. The van der Waals surface area contributed by atoms with Crippen LogP contribution in [0.15, 0.2) is 53.1 Å². The third kappa shape index (κ3) is 4.60. The fraction of sp³-hybridized carbons (Fsp3) is 0.263. The van der Waals surface area contributed by atoms with E-state index < -0.39 is 0 Å². The molecule has 6 heteroatoms. The van der Waals surface area contributed by atoms with Gasteiger partial charge in [0.25, 0.3) is 0 Å². The molecule has 4 nitrogen and oxygen atoms in total. The van der Waals surface area contributed by atoms with E-state index in [0.717, 1.165) is 24.0 Å². The Morgan fingerprint density at radius 1 is 1.08 bits per heavy atom. The van der Waals surface area contributed by atoms with Gasteiger partial charge in [-0.3, -0.25) is 5.32 Å². The Bertz CT molecular complexity index is 821. The lowest BCUT2D eigenvalue weighted by molar-refractivity contribution is 0.367. The van der Waals surface area contributed by atoms with E-state index in [1.54, 1.807) is 6.07 Å². The van der Waals surface area contributed by atoms with Crippen molar-refractivity contribution in [3.63, 3.8) is 0 Å². The molecule has 0 saturated carbocycles. The van der Waals surface area contributed by atoms with E-state index in [2.05, 4.69) is 22.4 Å². The fourth-order valence-corrected chi connectivity index (χ4v) is 2.89. The predicted molar refractivity (Wildman–Crippen MR) is 99.9 cm³/mol. The Balaban J connectivity index is 1.82. The van der Waals surface area contributed by atoms with Crippen LogP contribution in [0.25, 0.3) is 0 Å². The molecule has 1 unspecified atom stereocenters. The summed E-state index contributed by atoms with van der Waals surface area (Å²) in [6.45, 7) is 2.69. The molecule has 0 aliphatic carbocycles. The zero-order valence-corrected chi connectivity index (χ0v) is 15.4. The second-order valence-electron chi connectivity index (χ2n) is 5.77. The smallest absolute Gasteiger partial charge is 0.226 e. The van der Waals surface area contributed by atoms with Crippen LogP contribution in [-0.2, 0) is 13.0 Å². The number of aryl methyl sites for hydroxylation is 1. The topological polar surface area (TPSA) is 51.0 Å². The molecular weight excluding hydrogens is 357 g/mol. The summed E-state index contributed by atoms with van der Waals surface area (Å²) >= 11 is 12.1. The molecule has 3 rings (SSSR count). The summed E-state index contributed by atoms with van der Waals surface area (Å²) in [5.74, 6) is 1.30. The SMILES string of the molecule is CCCc1nc(C(NCc2ccc(Cl)c(Cl)c2)c2ccccc2)no1. The average Bonchev–Trinajstić information content (AvgIpc) is 3.08.